The van der Waals surface area contributed by atoms with Crippen LogP contribution in [-0.2, 0) is 0 Å². The molecule has 1 unspecified atom stereocenters. The zero-order chi connectivity index (χ0) is 31.0. The molecule has 8 rings (SSSR count). The van der Waals surface area contributed by atoms with Crippen molar-refractivity contribution in [3.05, 3.63) is 174 Å². The molecule has 2 aromatic heterocycles. The Kier molecular flexibility index (Phi) is 7.15. The number of hydrogen-bond donors (Lipinski definition) is 0. The van der Waals surface area contributed by atoms with Crippen LogP contribution in [0.15, 0.2) is 178 Å². The van der Waals surface area contributed by atoms with Gasteiger partial charge in [0.1, 0.15) is 11.2 Å². The lowest BCUT2D eigenvalue weighted by Gasteiger charge is -2.28. The maximum atomic E-state index is 6.15. The molecule has 3 aromatic carbocycles. The molecule has 0 aliphatic heterocycles. The Morgan fingerprint density at radius 1 is 0.870 bits per heavy atom. The molecule has 3 heteroatoms. The summed E-state index contributed by atoms with van der Waals surface area (Å²) in [6.45, 7) is 6.53. The van der Waals surface area contributed by atoms with Crippen molar-refractivity contribution in [2.24, 2.45) is 16.8 Å². The molecule has 0 radical (unpaired) electrons. The molecule has 3 nitrogen and oxygen atoms in total. The van der Waals surface area contributed by atoms with E-state index in [9.17, 15) is 0 Å². The van der Waals surface area contributed by atoms with E-state index in [-0.39, 0.29) is 0 Å². The number of benzene rings is 3. The second-order valence-corrected chi connectivity index (χ2v) is 12.2. The van der Waals surface area contributed by atoms with Crippen LogP contribution in [0.3, 0.4) is 0 Å². The normalized spacial score (nSPS) is 19.2. The highest BCUT2D eigenvalue weighted by Crippen LogP contribution is 2.36. The van der Waals surface area contributed by atoms with Gasteiger partial charge < -0.3 is 4.42 Å². The zero-order valence-electron chi connectivity index (χ0n) is 25.9. The van der Waals surface area contributed by atoms with E-state index in [1.807, 2.05) is 30.5 Å². The van der Waals surface area contributed by atoms with E-state index in [1.54, 1.807) is 0 Å². The topological polar surface area (TPSA) is 38.4 Å². The predicted molar refractivity (Wildman–Crippen MR) is 192 cm³/mol. The van der Waals surface area contributed by atoms with E-state index in [1.165, 1.54) is 11.1 Å². The van der Waals surface area contributed by atoms with E-state index < -0.39 is 0 Å². The van der Waals surface area contributed by atoms with Gasteiger partial charge >= 0.3 is 0 Å². The predicted octanol–water partition coefficient (Wildman–Crippen LogP) is 11.1. The van der Waals surface area contributed by atoms with Crippen molar-refractivity contribution >= 4 is 27.7 Å². The molecular formula is C43H34N2O. The summed E-state index contributed by atoms with van der Waals surface area (Å²) in [5.74, 6) is 1.01. The highest BCUT2D eigenvalue weighted by atomic mass is 16.3. The maximum Gasteiger partial charge on any atom is 0.136 e. The molecule has 0 amide bonds. The minimum Gasteiger partial charge on any atom is -0.456 e. The van der Waals surface area contributed by atoms with Crippen LogP contribution >= 0.6 is 0 Å². The largest absolute Gasteiger partial charge is 0.456 e. The Morgan fingerprint density at radius 3 is 2.48 bits per heavy atom. The number of allylic oxidation sites excluding steroid dienone is 12. The van der Waals surface area contributed by atoms with Crippen molar-refractivity contribution in [1.82, 2.24) is 4.98 Å². The molecule has 0 bridgehead atoms. The Bertz CT molecular complexity index is 2230. The summed E-state index contributed by atoms with van der Waals surface area (Å²) in [6, 6.07) is 27.3. The summed E-state index contributed by atoms with van der Waals surface area (Å²) in [5.41, 5.74) is 12.3. The lowest BCUT2D eigenvalue weighted by Crippen LogP contribution is -2.17. The van der Waals surface area contributed by atoms with Gasteiger partial charge in [-0.05, 0) is 84.0 Å². The van der Waals surface area contributed by atoms with Crippen LogP contribution < -0.4 is 0 Å². The fraction of sp³-hybridized carbons (Fsp3) is 0.116. The summed E-state index contributed by atoms with van der Waals surface area (Å²) in [4.78, 5) is 10.1. The first-order valence-electron chi connectivity index (χ1n) is 16.0. The Hall–Kier alpha value is -5.54. The fourth-order valence-electron chi connectivity index (χ4n) is 6.57. The van der Waals surface area contributed by atoms with Crippen LogP contribution in [0.25, 0.3) is 44.3 Å². The van der Waals surface area contributed by atoms with Gasteiger partial charge in [0.25, 0.3) is 0 Å². The lowest BCUT2D eigenvalue weighted by molar-refractivity contribution is 0.599. The van der Waals surface area contributed by atoms with Gasteiger partial charge in [0, 0.05) is 45.6 Å². The standard InChI is InChI=1S/C43H34N2O/c1-28(34-20-16-30-17-21-35(30)26-34)25-40(32-9-4-3-5-10-32)45-29(2)37-12-8-24-44-43(37)33-18-14-31(15-19-33)36-22-23-39-38-11-6-7-13-41(38)46-42(39)27-36/h3-4,6-9,11-27,30,35H,1,5,10H2,2H3/b40-25-,45-29?/t30?,35-/m0/s1. The summed E-state index contributed by atoms with van der Waals surface area (Å²) < 4.78 is 6.15. The van der Waals surface area contributed by atoms with Gasteiger partial charge in [-0.15, -0.1) is 0 Å². The average molecular weight is 595 g/mol. The number of fused-ring (bicyclic) bond motifs is 4. The monoisotopic (exact) mass is 594 g/mol. The molecule has 3 aliphatic carbocycles. The van der Waals surface area contributed by atoms with Crippen LogP contribution in [0.5, 0.6) is 0 Å². The van der Waals surface area contributed by atoms with Crippen molar-refractivity contribution < 1.29 is 4.42 Å². The van der Waals surface area contributed by atoms with Crippen molar-refractivity contribution in [3.63, 3.8) is 0 Å². The minimum atomic E-state index is 0.480. The first-order valence-corrected chi connectivity index (χ1v) is 16.0. The number of rotatable bonds is 7. The van der Waals surface area contributed by atoms with Crippen molar-refractivity contribution in [1.29, 1.82) is 0 Å². The Balaban J connectivity index is 1.11. The average Bonchev–Trinajstić information content (AvgIpc) is 3.47. The van der Waals surface area contributed by atoms with E-state index in [0.717, 1.165) is 79.7 Å². The van der Waals surface area contributed by atoms with Crippen LogP contribution in [0.4, 0.5) is 0 Å². The highest BCUT2D eigenvalue weighted by molar-refractivity contribution is 6.06. The van der Waals surface area contributed by atoms with E-state index in [0.29, 0.717) is 11.8 Å². The zero-order valence-corrected chi connectivity index (χ0v) is 25.9. The van der Waals surface area contributed by atoms with Crippen LogP contribution in [-0.4, -0.2) is 10.7 Å². The summed E-state index contributed by atoms with van der Waals surface area (Å²) >= 11 is 0. The van der Waals surface area contributed by atoms with Gasteiger partial charge in [0.15, 0.2) is 0 Å². The number of hydrogen-bond acceptors (Lipinski definition) is 3. The van der Waals surface area contributed by atoms with Gasteiger partial charge in [-0.1, -0.05) is 104 Å². The third-order valence-corrected chi connectivity index (χ3v) is 9.25. The second-order valence-electron chi connectivity index (χ2n) is 12.2. The number of furan rings is 1. The second kappa shape index (κ2) is 11.8. The summed E-state index contributed by atoms with van der Waals surface area (Å²) in [6.07, 6.45) is 23.8. The first-order chi connectivity index (χ1) is 22.6. The Labute approximate surface area is 269 Å². The van der Waals surface area contributed by atoms with Gasteiger partial charge in [0.2, 0.25) is 0 Å². The molecular weight excluding hydrogens is 560 g/mol. The summed E-state index contributed by atoms with van der Waals surface area (Å²) in [5, 5.41) is 2.28. The van der Waals surface area contributed by atoms with Gasteiger partial charge in [0.05, 0.1) is 11.4 Å². The SMILES string of the molecule is C=C(/C=C(\N=C(C)c1cccnc1-c1ccc(-c2ccc3c(c2)oc2ccccc23)cc1)C1=CC=CCC1)C1=C[C@@H]2C=CC2C=C1. The van der Waals surface area contributed by atoms with Gasteiger partial charge in [-0.2, -0.15) is 0 Å². The number of para-hydroxylation sites is 1. The molecule has 3 aliphatic rings. The number of nitrogens with zero attached hydrogens (tertiary/aromatic N) is 2. The number of pyridine rings is 1. The molecule has 0 N–H and O–H groups in total. The van der Waals surface area contributed by atoms with Crippen molar-refractivity contribution in [2.45, 2.75) is 19.8 Å². The Morgan fingerprint density at radius 2 is 1.67 bits per heavy atom. The van der Waals surface area contributed by atoms with Crippen molar-refractivity contribution in [2.75, 3.05) is 0 Å². The van der Waals surface area contributed by atoms with Gasteiger partial charge in [-0.25, -0.2) is 0 Å². The molecule has 222 valence electrons. The maximum absolute atomic E-state index is 6.15. The number of aliphatic imine (C=N–C) groups is 1. The fourth-order valence-corrected chi connectivity index (χ4v) is 6.57. The molecule has 0 spiro atoms. The highest BCUT2D eigenvalue weighted by Gasteiger charge is 2.23. The molecule has 0 saturated carbocycles. The molecule has 5 aromatic rings. The molecule has 2 heterocycles. The number of aromatic nitrogens is 1. The molecule has 46 heavy (non-hydrogen) atoms. The molecule has 0 saturated heterocycles. The van der Waals surface area contributed by atoms with E-state index in [2.05, 4.69) is 123 Å². The smallest absolute Gasteiger partial charge is 0.136 e. The van der Waals surface area contributed by atoms with Crippen LogP contribution in [0.2, 0.25) is 0 Å². The molecule has 0 fully saturated rings. The van der Waals surface area contributed by atoms with E-state index in [4.69, 9.17) is 14.4 Å². The van der Waals surface area contributed by atoms with Crippen LogP contribution in [0, 0.1) is 11.8 Å². The van der Waals surface area contributed by atoms with E-state index >= 15 is 0 Å². The minimum absolute atomic E-state index is 0.480. The third-order valence-electron chi connectivity index (χ3n) is 9.25. The van der Waals surface area contributed by atoms with Crippen molar-refractivity contribution in [3.8, 4) is 22.4 Å². The van der Waals surface area contributed by atoms with Crippen LogP contribution in [0.1, 0.15) is 25.3 Å². The van der Waals surface area contributed by atoms with Gasteiger partial charge in [-0.3, -0.25) is 9.98 Å². The quantitative estimate of drug-likeness (QED) is 0.107. The lowest BCUT2D eigenvalue weighted by atomic mass is 9.76. The molecule has 2 atom stereocenters. The third kappa shape index (κ3) is 5.24. The summed E-state index contributed by atoms with van der Waals surface area (Å²) in [7, 11) is 0. The first kappa shape index (κ1) is 28.0.